The fraction of sp³-hybridized carbons (Fsp3) is 0.462. The molecule has 36 heavy (non-hydrogen) atoms. The van der Waals surface area contributed by atoms with Crippen molar-refractivity contribution < 1.29 is 32.6 Å². The Hall–Kier alpha value is -2.94. The summed E-state index contributed by atoms with van der Waals surface area (Å²) in [4.78, 5) is 26.7. The number of likely N-dealkylation sites (N-methyl/N-ethyl adjacent to an activating group) is 1. The first kappa shape index (κ1) is 26.1. The van der Waals surface area contributed by atoms with Crippen molar-refractivity contribution in [2.45, 2.75) is 44.2 Å². The van der Waals surface area contributed by atoms with Gasteiger partial charge in [-0.25, -0.2) is 0 Å². The molecule has 1 saturated carbocycles. The number of hydrogen-bond acceptors (Lipinski definition) is 4. The van der Waals surface area contributed by atoms with Crippen LogP contribution in [-0.2, 0) is 9.59 Å². The smallest absolute Gasteiger partial charge is 0.392 e. The lowest BCUT2D eigenvalue weighted by atomic mass is 9.85. The third-order valence-electron chi connectivity index (χ3n) is 7.00. The summed E-state index contributed by atoms with van der Waals surface area (Å²) >= 11 is 6.30. The van der Waals surface area contributed by atoms with Crippen molar-refractivity contribution in [2.75, 3.05) is 30.4 Å². The molecule has 0 spiro atoms. The molecule has 1 aliphatic heterocycles. The first-order chi connectivity index (χ1) is 17.0. The number of halogens is 4. The monoisotopic (exact) mass is 524 g/mol. The van der Waals surface area contributed by atoms with Crippen LogP contribution in [0.3, 0.4) is 0 Å². The summed E-state index contributed by atoms with van der Waals surface area (Å²) in [5, 5.41) is 12.1. The van der Waals surface area contributed by atoms with Gasteiger partial charge in [0, 0.05) is 7.05 Å². The van der Waals surface area contributed by atoms with Crippen molar-refractivity contribution in [1.82, 2.24) is 0 Å². The van der Waals surface area contributed by atoms with Gasteiger partial charge in [0.25, 0.3) is 0 Å². The molecule has 3 atom stereocenters. The van der Waals surface area contributed by atoms with Gasteiger partial charge in [-0.1, -0.05) is 30.7 Å². The molecule has 1 fully saturated rings. The molecule has 2 aromatic carbocycles. The summed E-state index contributed by atoms with van der Waals surface area (Å²) in [5.74, 6) is -4.94. The molecule has 1 heterocycles. The van der Waals surface area contributed by atoms with Gasteiger partial charge < -0.3 is 20.1 Å². The number of alkyl halides is 3. The molecule has 2 aromatic rings. The van der Waals surface area contributed by atoms with E-state index < -0.39 is 29.9 Å². The third-order valence-corrected chi connectivity index (χ3v) is 7.33. The maximum absolute atomic E-state index is 13.9. The van der Waals surface area contributed by atoms with Gasteiger partial charge in [0.2, 0.25) is 5.91 Å². The number of carbonyl (C=O) groups excluding carboxylic acids is 1. The molecule has 0 bridgehead atoms. The number of aliphatic carboxylic acids is 1. The number of hydrogen-bond donors (Lipinski definition) is 2. The van der Waals surface area contributed by atoms with Gasteiger partial charge in [-0.15, -0.1) is 0 Å². The summed E-state index contributed by atoms with van der Waals surface area (Å²) in [7, 11) is 1.86. The van der Waals surface area contributed by atoms with E-state index in [9.17, 15) is 27.9 Å². The molecule has 194 valence electrons. The van der Waals surface area contributed by atoms with E-state index in [2.05, 4.69) is 5.32 Å². The number of fused-ring (bicyclic) bond motifs is 1. The zero-order valence-electron chi connectivity index (χ0n) is 19.9. The second-order valence-electron chi connectivity index (χ2n) is 9.58. The standard InChI is InChI=1S/C26H28ClF3N2O4/c1-14(26(28,29)30)24(17-6-8-21-22(12-17)36-10-9-32(21)2)25(35)31-20-11-16(5-7-19(20)27)18(13-23(33)34)15-3-4-15/h5-8,11-12,14-15,18,24H,3-4,9-10,13H2,1-2H3,(H,31,35)(H,33,34)/t14-,18+,24-/m1/s1. The maximum Gasteiger partial charge on any atom is 0.392 e. The molecular formula is C26H28ClF3N2O4. The van der Waals surface area contributed by atoms with Crippen LogP contribution in [0, 0.1) is 11.8 Å². The predicted octanol–water partition coefficient (Wildman–Crippen LogP) is 6.06. The SMILES string of the molecule is C[C@H]([C@@H](C(=O)Nc1cc([C@@H](CC(=O)O)C2CC2)ccc1Cl)c1ccc2c(c1)OCCN2C)C(F)(F)F. The van der Waals surface area contributed by atoms with Crippen molar-refractivity contribution in [3.63, 3.8) is 0 Å². The number of nitrogens with one attached hydrogen (secondary N) is 1. The molecule has 0 saturated heterocycles. The minimum atomic E-state index is -4.63. The molecule has 2 aliphatic rings. The van der Waals surface area contributed by atoms with Gasteiger partial charge in [-0.3, -0.25) is 9.59 Å². The largest absolute Gasteiger partial charge is 0.490 e. The lowest BCUT2D eigenvalue weighted by Gasteiger charge is -2.30. The molecule has 0 aromatic heterocycles. The van der Waals surface area contributed by atoms with E-state index >= 15 is 0 Å². The Kier molecular flexibility index (Phi) is 7.41. The average molecular weight is 525 g/mol. The minimum Gasteiger partial charge on any atom is -0.490 e. The number of benzene rings is 2. The van der Waals surface area contributed by atoms with E-state index in [4.69, 9.17) is 16.3 Å². The molecule has 1 aliphatic carbocycles. The average Bonchev–Trinajstić information content (AvgIpc) is 3.64. The molecule has 0 radical (unpaired) electrons. The molecular weight excluding hydrogens is 497 g/mol. The van der Waals surface area contributed by atoms with E-state index in [1.165, 1.54) is 18.2 Å². The van der Waals surface area contributed by atoms with E-state index in [1.54, 1.807) is 18.2 Å². The predicted molar refractivity (Wildman–Crippen MR) is 131 cm³/mol. The Balaban J connectivity index is 1.66. The van der Waals surface area contributed by atoms with Crippen LogP contribution < -0.4 is 15.0 Å². The molecule has 10 heteroatoms. The van der Waals surface area contributed by atoms with Crippen molar-refractivity contribution in [2.24, 2.45) is 11.8 Å². The van der Waals surface area contributed by atoms with Crippen LogP contribution in [0.1, 0.15) is 49.1 Å². The van der Waals surface area contributed by atoms with Crippen LogP contribution >= 0.6 is 11.6 Å². The highest BCUT2D eigenvalue weighted by molar-refractivity contribution is 6.33. The van der Waals surface area contributed by atoms with Gasteiger partial charge in [-0.2, -0.15) is 13.2 Å². The zero-order valence-corrected chi connectivity index (χ0v) is 20.7. The van der Waals surface area contributed by atoms with Crippen molar-refractivity contribution in [3.8, 4) is 5.75 Å². The maximum atomic E-state index is 13.9. The molecule has 2 N–H and O–H groups in total. The van der Waals surface area contributed by atoms with E-state index in [1.807, 2.05) is 11.9 Å². The molecule has 4 rings (SSSR count). The van der Waals surface area contributed by atoms with Crippen LogP contribution in [0.25, 0.3) is 0 Å². The first-order valence-corrected chi connectivity index (χ1v) is 12.2. The molecule has 1 amide bonds. The number of carboxylic acids is 1. The number of nitrogens with zero attached hydrogens (tertiary/aromatic N) is 1. The van der Waals surface area contributed by atoms with Gasteiger partial charge in [0.15, 0.2) is 0 Å². The molecule has 6 nitrogen and oxygen atoms in total. The number of anilines is 2. The second-order valence-corrected chi connectivity index (χ2v) is 9.98. The lowest BCUT2D eigenvalue weighted by Crippen LogP contribution is -2.35. The number of carboxylic acid groups (broad SMARTS) is 1. The third kappa shape index (κ3) is 5.72. The summed E-state index contributed by atoms with van der Waals surface area (Å²) < 4.78 is 47.2. The van der Waals surface area contributed by atoms with Gasteiger partial charge >= 0.3 is 12.1 Å². The van der Waals surface area contributed by atoms with Crippen LogP contribution in [0.15, 0.2) is 36.4 Å². The van der Waals surface area contributed by atoms with Gasteiger partial charge in [0.1, 0.15) is 12.4 Å². The van der Waals surface area contributed by atoms with Crippen LogP contribution in [0.4, 0.5) is 24.5 Å². The normalized spacial score (nSPS) is 18.0. The van der Waals surface area contributed by atoms with Crippen LogP contribution in [-0.4, -0.2) is 43.4 Å². The number of amides is 1. The Morgan fingerprint density at radius 1 is 1.19 bits per heavy atom. The number of ether oxygens (including phenoxy) is 1. The minimum absolute atomic E-state index is 0.0724. The Labute approximate surface area is 212 Å². The van der Waals surface area contributed by atoms with Crippen molar-refractivity contribution in [1.29, 1.82) is 0 Å². The Morgan fingerprint density at radius 2 is 1.89 bits per heavy atom. The van der Waals surface area contributed by atoms with E-state index in [-0.39, 0.29) is 34.5 Å². The van der Waals surface area contributed by atoms with Gasteiger partial charge in [-0.05, 0) is 60.1 Å². The first-order valence-electron chi connectivity index (χ1n) is 11.8. The number of carbonyl (C=O) groups is 2. The summed E-state index contributed by atoms with van der Waals surface area (Å²) in [5.41, 5.74) is 1.76. The Bertz CT molecular complexity index is 1150. The zero-order chi connectivity index (χ0) is 26.2. The highest BCUT2D eigenvalue weighted by Gasteiger charge is 2.45. The fourth-order valence-electron chi connectivity index (χ4n) is 4.75. The second kappa shape index (κ2) is 10.2. The topological polar surface area (TPSA) is 78.9 Å². The van der Waals surface area contributed by atoms with Gasteiger partial charge in [0.05, 0.1) is 41.2 Å². The van der Waals surface area contributed by atoms with Crippen LogP contribution in [0.2, 0.25) is 5.02 Å². The van der Waals surface area contributed by atoms with Crippen LogP contribution in [0.5, 0.6) is 5.75 Å². The highest BCUT2D eigenvalue weighted by atomic mass is 35.5. The van der Waals surface area contributed by atoms with Crippen molar-refractivity contribution >= 4 is 34.9 Å². The number of rotatable bonds is 8. The summed E-state index contributed by atoms with van der Waals surface area (Å²) in [6.45, 7) is 2.01. The molecule has 0 unspecified atom stereocenters. The Morgan fingerprint density at radius 3 is 2.53 bits per heavy atom. The summed E-state index contributed by atoms with van der Waals surface area (Å²) in [6, 6.07) is 9.49. The quantitative estimate of drug-likeness (QED) is 0.439. The van der Waals surface area contributed by atoms with E-state index in [0.29, 0.717) is 24.5 Å². The fourth-order valence-corrected chi connectivity index (χ4v) is 4.91. The highest BCUT2D eigenvalue weighted by Crippen LogP contribution is 2.46. The van der Waals surface area contributed by atoms with E-state index in [0.717, 1.165) is 25.5 Å². The summed E-state index contributed by atoms with van der Waals surface area (Å²) in [6.07, 6.45) is -2.89. The lowest BCUT2D eigenvalue weighted by molar-refractivity contribution is -0.178. The van der Waals surface area contributed by atoms with Crippen molar-refractivity contribution in [3.05, 3.63) is 52.5 Å².